The second kappa shape index (κ2) is 5.80. The van der Waals surface area contributed by atoms with Crippen LogP contribution in [0.3, 0.4) is 0 Å². The Labute approximate surface area is 111 Å². The van der Waals surface area contributed by atoms with Crippen molar-refractivity contribution in [3.63, 3.8) is 0 Å². The molecule has 4 heteroatoms. The molecule has 0 radical (unpaired) electrons. The van der Waals surface area contributed by atoms with Crippen LogP contribution in [0.15, 0.2) is 54.6 Å². The van der Waals surface area contributed by atoms with Crippen LogP contribution >= 0.6 is 0 Å². The van der Waals surface area contributed by atoms with E-state index in [1.807, 2.05) is 30.3 Å². The fourth-order valence-electron chi connectivity index (χ4n) is 1.72. The predicted molar refractivity (Wildman–Crippen MR) is 70.8 cm³/mol. The van der Waals surface area contributed by atoms with Crippen LogP contribution in [0.4, 0.5) is 8.78 Å². The number of ether oxygens (including phenoxy) is 1. The van der Waals surface area contributed by atoms with E-state index in [2.05, 4.69) is 5.32 Å². The molecule has 2 aromatic rings. The quantitative estimate of drug-likeness (QED) is 0.886. The Morgan fingerprint density at radius 1 is 0.947 bits per heavy atom. The van der Waals surface area contributed by atoms with E-state index >= 15 is 0 Å². The number of nitrogens with one attached hydrogen (secondary N) is 1. The molecule has 0 aliphatic heterocycles. The van der Waals surface area contributed by atoms with E-state index in [1.54, 1.807) is 12.1 Å². The van der Waals surface area contributed by atoms with Gasteiger partial charge in [0, 0.05) is 5.56 Å². The first kappa shape index (κ1) is 13.5. The lowest BCUT2D eigenvalue weighted by molar-refractivity contribution is -0.00127. The Balaban J connectivity index is 2.11. The second-order valence-electron chi connectivity index (χ2n) is 4.17. The van der Waals surface area contributed by atoms with E-state index in [1.165, 1.54) is 19.2 Å². The minimum absolute atomic E-state index is 0.0257. The summed E-state index contributed by atoms with van der Waals surface area (Å²) >= 11 is 0. The van der Waals surface area contributed by atoms with E-state index in [9.17, 15) is 8.78 Å². The number of hydrogen-bond donors (Lipinski definition) is 1. The molecule has 0 spiro atoms. The molecular weight excluding hydrogens is 248 g/mol. The van der Waals surface area contributed by atoms with Crippen LogP contribution in [-0.4, -0.2) is 13.6 Å². The maximum absolute atomic E-state index is 13.6. The molecule has 0 amide bonds. The minimum atomic E-state index is -2.87. The van der Waals surface area contributed by atoms with Crippen molar-refractivity contribution in [2.24, 2.45) is 0 Å². The van der Waals surface area contributed by atoms with Crippen LogP contribution in [-0.2, 0) is 5.92 Å². The summed E-state index contributed by atoms with van der Waals surface area (Å²) in [5, 5.41) is 2.48. The van der Waals surface area contributed by atoms with Gasteiger partial charge in [0.25, 0.3) is 5.92 Å². The van der Waals surface area contributed by atoms with Gasteiger partial charge < -0.3 is 10.1 Å². The van der Waals surface area contributed by atoms with Crippen LogP contribution in [0.2, 0.25) is 0 Å². The van der Waals surface area contributed by atoms with Crippen molar-refractivity contribution in [1.82, 2.24) is 5.32 Å². The average molecular weight is 263 g/mol. The van der Waals surface area contributed by atoms with Crippen molar-refractivity contribution in [2.45, 2.75) is 5.92 Å². The molecule has 0 aliphatic carbocycles. The smallest absolute Gasteiger partial charge is 0.285 e. The SMILES string of the molecule is CNCC(F)(F)c1ccc(Oc2ccccc2)cc1. The molecule has 2 rings (SSSR count). The largest absolute Gasteiger partial charge is 0.457 e. The predicted octanol–water partition coefficient (Wildman–Crippen LogP) is 3.79. The Hall–Kier alpha value is -1.94. The number of halogens is 2. The molecule has 2 nitrogen and oxygen atoms in total. The summed E-state index contributed by atoms with van der Waals surface area (Å²) in [6.07, 6.45) is 0. The van der Waals surface area contributed by atoms with Gasteiger partial charge in [-0.25, -0.2) is 0 Å². The number of likely N-dealkylation sites (N-methyl/N-ethyl adjacent to an activating group) is 1. The number of rotatable bonds is 5. The highest BCUT2D eigenvalue weighted by Crippen LogP contribution is 2.29. The van der Waals surface area contributed by atoms with Gasteiger partial charge >= 0.3 is 0 Å². The Morgan fingerprint density at radius 2 is 1.53 bits per heavy atom. The fourth-order valence-corrected chi connectivity index (χ4v) is 1.72. The van der Waals surface area contributed by atoms with Gasteiger partial charge in [0.05, 0.1) is 6.54 Å². The maximum atomic E-state index is 13.6. The van der Waals surface area contributed by atoms with Gasteiger partial charge in [0.2, 0.25) is 0 Å². The normalized spacial score (nSPS) is 11.3. The first-order valence-corrected chi connectivity index (χ1v) is 5.98. The van der Waals surface area contributed by atoms with Gasteiger partial charge in [0.1, 0.15) is 11.5 Å². The van der Waals surface area contributed by atoms with Gasteiger partial charge in [-0.2, -0.15) is 8.78 Å². The van der Waals surface area contributed by atoms with Crippen molar-refractivity contribution >= 4 is 0 Å². The summed E-state index contributed by atoms with van der Waals surface area (Å²) < 4.78 is 32.8. The summed E-state index contributed by atoms with van der Waals surface area (Å²) in [5.41, 5.74) is -0.0257. The van der Waals surface area contributed by atoms with Crippen LogP contribution in [0.25, 0.3) is 0 Å². The molecule has 2 aromatic carbocycles. The van der Waals surface area contributed by atoms with Crippen molar-refractivity contribution in [3.05, 3.63) is 60.2 Å². The van der Waals surface area contributed by atoms with Crippen LogP contribution in [0.1, 0.15) is 5.56 Å². The summed E-state index contributed by atoms with van der Waals surface area (Å²) in [6, 6.07) is 15.1. The zero-order valence-electron chi connectivity index (χ0n) is 10.6. The van der Waals surface area contributed by atoms with E-state index in [-0.39, 0.29) is 12.1 Å². The third kappa shape index (κ3) is 3.51. The summed E-state index contributed by atoms with van der Waals surface area (Å²) in [4.78, 5) is 0. The highest BCUT2D eigenvalue weighted by Gasteiger charge is 2.30. The Bertz CT molecular complexity index is 511. The number of para-hydroxylation sites is 1. The van der Waals surface area contributed by atoms with Crippen LogP contribution < -0.4 is 10.1 Å². The molecule has 0 heterocycles. The molecule has 0 bridgehead atoms. The third-order valence-electron chi connectivity index (χ3n) is 2.65. The summed E-state index contributed by atoms with van der Waals surface area (Å²) in [5.74, 6) is -1.66. The Kier molecular flexibility index (Phi) is 4.12. The lowest BCUT2D eigenvalue weighted by Crippen LogP contribution is -2.27. The average Bonchev–Trinajstić information content (AvgIpc) is 2.40. The second-order valence-corrected chi connectivity index (χ2v) is 4.17. The van der Waals surface area contributed by atoms with Crippen molar-refractivity contribution in [1.29, 1.82) is 0 Å². The highest BCUT2D eigenvalue weighted by atomic mass is 19.3. The summed E-state index contributed by atoms with van der Waals surface area (Å²) in [6.45, 7) is -0.383. The maximum Gasteiger partial charge on any atom is 0.285 e. The van der Waals surface area contributed by atoms with Gasteiger partial charge in [-0.3, -0.25) is 0 Å². The monoisotopic (exact) mass is 263 g/mol. The molecular formula is C15H15F2NO. The van der Waals surface area contributed by atoms with Gasteiger partial charge in [-0.15, -0.1) is 0 Å². The number of hydrogen-bond acceptors (Lipinski definition) is 2. The molecule has 100 valence electrons. The third-order valence-corrected chi connectivity index (χ3v) is 2.65. The molecule has 0 aliphatic rings. The van der Waals surface area contributed by atoms with Crippen LogP contribution in [0, 0.1) is 0 Å². The Morgan fingerprint density at radius 3 is 2.11 bits per heavy atom. The van der Waals surface area contributed by atoms with E-state index < -0.39 is 5.92 Å². The van der Waals surface area contributed by atoms with Gasteiger partial charge in [0.15, 0.2) is 0 Å². The van der Waals surface area contributed by atoms with Crippen LogP contribution in [0.5, 0.6) is 11.5 Å². The molecule has 0 aromatic heterocycles. The lowest BCUT2D eigenvalue weighted by Gasteiger charge is -2.16. The highest BCUT2D eigenvalue weighted by molar-refractivity contribution is 5.34. The standard InChI is InChI=1S/C15H15F2NO/c1-18-11-15(16,17)12-7-9-14(10-8-12)19-13-5-3-2-4-6-13/h2-10,18H,11H2,1H3. The minimum Gasteiger partial charge on any atom is -0.457 e. The molecule has 0 saturated carbocycles. The van der Waals surface area contributed by atoms with Gasteiger partial charge in [-0.1, -0.05) is 18.2 Å². The van der Waals surface area contributed by atoms with Crippen molar-refractivity contribution in [3.8, 4) is 11.5 Å². The molecule has 1 N–H and O–H groups in total. The van der Waals surface area contributed by atoms with Crippen molar-refractivity contribution in [2.75, 3.05) is 13.6 Å². The number of alkyl halides is 2. The fraction of sp³-hybridized carbons (Fsp3) is 0.200. The summed E-state index contributed by atoms with van der Waals surface area (Å²) in [7, 11) is 1.50. The first-order chi connectivity index (χ1) is 9.12. The zero-order valence-corrected chi connectivity index (χ0v) is 10.6. The molecule has 0 atom stereocenters. The lowest BCUT2D eigenvalue weighted by atomic mass is 10.1. The molecule has 0 fully saturated rings. The van der Waals surface area contributed by atoms with Crippen molar-refractivity contribution < 1.29 is 13.5 Å². The first-order valence-electron chi connectivity index (χ1n) is 5.98. The van der Waals surface area contributed by atoms with Gasteiger partial charge in [-0.05, 0) is 43.4 Å². The zero-order chi connectivity index (χ0) is 13.7. The topological polar surface area (TPSA) is 21.3 Å². The van der Waals surface area contributed by atoms with E-state index in [4.69, 9.17) is 4.74 Å². The molecule has 0 unspecified atom stereocenters. The molecule has 0 saturated heterocycles. The van der Waals surface area contributed by atoms with E-state index in [0.29, 0.717) is 11.5 Å². The molecule has 19 heavy (non-hydrogen) atoms. The number of benzene rings is 2. The van der Waals surface area contributed by atoms with E-state index in [0.717, 1.165) is 0 Å².